The van der Waals surface area contributed by atoms with Crippen LogP contribution < -0.4 is 5.73 Å². The summed E-state index contributed by atoms with van der Waals surface area (Å²) in [5, 5.41) is 0. The van der Waals surface area contributed by atoms with Crippen LogP contribution in [-0.2, 0) is 4.74 Å². The summed E-state index contributed by atoms with van der Waals surface area (Å²) in [6, 6.07) is 0.615. The van der Waals surface area contributed by atoms with Crippen LogP contribution in [0.1, 0.15) is 46.5 Å². The summed E-state index contributed by atoms with van der Waals surface area (Å²) >= 11 is 0. The van der Waals surface area contributed by atoms with Crippen molar-refractivity contribution in [1.82, 2.24) is 4.90 Å². The minimum Gasteiger partial charge on any atom is -0.379 e. The topological polar surface area (TPSA) is 38.5 Å². The maximum atomic E-state index is 5.62. The van der Waals surface area contributed by atoms with Gasteiger partial charge in [0.05, 0.1) is 5.60 Å². The molecular formula is C14H30N2O. The lowest BCUT2D eigenvalue weighted by molar-refractivity contribution is -0.0106. The van der Waals surface area contributed by atoms with E-state index in [1.807, 2.05) is 0 Å². The Balaban J connectivity index is 2.33. The second kappa shape index (κ2) is 6.72. The number of hydrogen-bond donors (Lipinski definition) is 1. The van der Waals surface area contributed by atoms with Gasteiger partial charge in [0.25, 0.3) is 0 Å². The fraction of sp³-hybridized carbons (Fsp3) is 1.00. The van der Waals surface area contributed by atoms with E-state index in [4.69, 9.17) is 10.5 Å². The van der Waals surface area contributed by atoms with Crippen LogP contribution in [0.15, 0.2) is 0 Å². The van der Waals surface area contributed by atoms with Gasteiger partial charge in [-0.1, -0.05) is 0 Å². The van der Waals surface area contributed by atoms with E-state index in [0.29, 0.717) is 6.04 Å². The maximum absolute atomic E-state index is 5.62. The molecule has 1 atom stereocenters. The molecule has 0 bridgehead atoms. The first kappa shape index (κ1) is 14.9. The number of methoxy groups -OCH3 is 1. The average Bonchev–Trinajstić information content (AvgIpc) is 2.30. The molecule has 0 aromatic heterocycles. The molecule has 3 heteroatoms. The van der Waals surface area contributed by atoms with E-state index in [0.717, 1.165) is 18.9 Å². The van der Waals surface area contributed by atoms with Gasteiger partial charge >= 0.3 is 0 Å². The SMILES string of the molecule is COC(C)(C)CC(C)N1CCC(CCN)CC1. The predicted molar refractivity (Wildman–Crippen MR) is 73.1 cm³/mol. The van der Waals surface area contributed by atoms with Gasteiger partial charge in [0.15, 0.2) is 0 Å². The van der Waals surface area contributed by atoms with E-state index in [2.05, 4.69) is 25.7 Å². The van der Waals surface area contributed by atoms with Crippen LogP contribution in [0.2, 0.25) is 0 Å². The number of rotatable bonds is 6. The number of nitrogens with zero attached hydrogens (tertiary/aromatic N) is 1. The highest BCUT2D eigenvalue weighted by molar-refractivity contribution is 4.81. The largest absolute Gasteiger partial charge is 0.379 e. The number of hydrogen-bond acceptors (Lipinski definition) is 3. The van der Waals surface area contributed by atoms with Gasteiger partial charge in [-0.05, 0) is 72.0 Å². The van der Waals surface area contributed by atoms with Crippen LogP contribution in [0.3, 0.4) is 0 Å². The molecular weight excluding hydrogens is 212 g/mol. The summed E-state index contributed by atoms with van der Waals surface area (Å²) in [7, 11) is 1.81. The molecule has 1 aliphatic rings. The standard InChI is InChI=1S/C14H30N2O/c1-12(11-14(2,3)17-4)16-9-6-13(5-8-15)7-10-16/h12-13H,5-11,15H2,1-4H3. The van der Waals surface area contributed by atoms with E-state index in [-0.39, 0.29) is 5.60 Å². The molecule has 1 aliphatic heterocycles. The Morgan fingerprint density at radius 3 is 2.41 bits per heavy atom. The van der Waals surface area contributed by atoms with Gasteiger partial charge in [-0.3, -0.25) is 0 Å². The first-order chi connectivity index (χ1) is 7.98. The van der Waals surface area contributed by atoms with Crippen molar-refractivity contribution in [2.24, 2.45) is 11.7 Å². The summed E-state index contributed by atoms with van der Waals surface area (Å²) in [6.45, 7) is 9.97. The third kappa shape index (κ3) is 4.94. The second-order valence-electron chi connectivity index (χ2n) is 6.07. The maximum Gasteiger partial charge on any atom is 0.0637 e. The molecule has 1 rings (SSSR count). The number of likely N-dealkylation sites (tertiary alicyclic amines) is 1. The van der Waals surface area contributed by atoms with Gasteiger partial charge in [-0.25, -0.2) is 0 Å². The zero-order valence-corrected chi connectivity index (χ0v) is 12.0. The van der Waals surface area contributed by atoms with Crippen molar-refractivity contribution >= 4 is 0 Å². The molecule has 1 fully saturated rings. The fourth-order valence-electron chi connectivity index (χ4n) is 2.84. The first-order valence-electron chi connectivity index (χ1n) is 6.98. The van der Waals surface area contributed by atoms with E-state index in [9.17, 15) is 0 Å². The zero-order chi connectivity index (χ0) is 12.9. The zero-order valence-electron chi connectivity index (χ0n) is 12.0. The van der Waals surface area contributed by atoms with Crippen LogP contribution in [-0.4, -0.2) is 43.3 Å². The highest BCUT2D eigenvalue weighted by Gasteiger charge is 2.27. The molecule has 102 valence electrons. The molecule has 0 aliphatic carbocycles. The normalized spacial score (nSPS) is 21.7. The van der Waals surface area contributed by atoms with Crippen molar-refractivity contribution in [1.29, 1.82) is 0 Å². The van der Waals surface area contributed by atoms with Gasteiger partial charge in [0.2, 0.25) is 0 Å². The van der Waals surface area contributed by atoms with Gasteiger partial charge in [-0.15, -0.1) is 0 Å². The third-order valence-electron chi connectivity index (χ3n) is 4.19. The Labute approximate surface area is 107 Å². The molecule has 0 amide bonds. The Hall–Kier alpha value is -0.120. The van der Waals surface area contributed by atoms with Crippen molar-refractivity contribution in [2.45, 2.75) is 58.1 Å². The van der Waals surface area contributed by atoms with Crippen LogP contribution in [0.5, 0.6) is 0 Å². The molecule has 2 N–H and O–H groups in total. The molecule has 1 heterocycles. The summed E-state index contributed by atoms with van der Waals surface area (Å²) < 4.78 is 5.52. The molecule has 1 unspecified atom stereocenters. The Morgan fingerprint density at radius 1 is 1.35 bits per heavy atom. The van der Waals surface area contributed by atoms with E-state index in [1.165, 1.54) is 32.4 Å². The van der Waals surface area contributed by atoms with Gasteiger partial charge in [-0.2, -0.15) is 0 Å². The Bertz CT molecular complexity index is 210. The molecule has 0 aromatic carbocycles. The van der Waals surface area contributed by atoms with Crippen LogP contribution in [0.25, 0.3) is 0 Å². The van der Waals surface area contributed by atoms with Gasteiger partial charge < -0.3 is 15.4 Å². The van der Waals surface area contributed by atoms with Crippen LogP contribution in [0.4, 0.5) is 0 Å². The Morgan fingerprint density at radius 2 is 1.94 bits per heavy atom. The lowest BCUT2D eigenvalue weighted by Crippen LogP contribution is -2.43. The lowest BCUT2D eigenvalue weighted by Gasteiger charge is -2.38. The van der Waals surface area contributed by atoms with E-state index >= 15 is 0 Å². The average molecular weight is 242 g/mol. The minimum atomic E-state index is -0.00642. The predicted octanol–water partition coefficient (Wildman–Crippen LogP) is 2.25. The highest BCUT2D eigenvalue weighted by Crippen LogP contribution is 2.25. The summed E-state index contributed by atoms with van der Waals surface area (Å²) in [5.41, 5.74) is 5.62. The first-order valence-corrected chi connectivity index (χ1v) is 6.98. The van der Waals surface area contributed by atoms with E-state index < -0.39 is 0 Å². The molecule has 0 aromatic rings. The molecule has 0 saturated carbocycles. The summed E-state index contributed by atoms with van der Waals surface area (Å²) in [6.07, 6.45) is 4.93. The van der Waals surface area contributed by atoms with Crippen molar-refractivity contribution in [3.63, 3.8) is 0 Å². The second-order valence-corrected chi connectivity index (χ2v) is 6.07. The molecule has 0 spiro atoms. The quantitative estimate of drug-likeness (QED) is 0.776. The summed E-state index contributed by atoms with van der Waals surface area (Å²) in [5.74, 6) is 0.860. The number of piperidine rings is 1. The van der Waals surface area contributed by atoms with Crippen molar-refractivity contribution in [3.05, 3.63) is 0 Å². The highest BCUT2D eigenvalue weighted by atomic mass is 16.5. The van der Waals surface area contributed by atoms with Crippen molar-refractivity contribution in [2.75, 3.05) is 26.7 Å². The van der Waals surface area contributed by atoms with Crippen LogP contribution in [0, 0.1) is 5.92 Å². The molecule has 0 radical (unpaired) electrons. The Kier molecular flexibility index (Phi) is 5.90. The number of nitrogens with two attached hydrogens (primary N) is 1. The van der Waals surface area contributed by atoms with Crippen molar-refractivity contribution in [3.8, 4) is 0 Å². The summed E-state index contributed by atoms with van der Waals surface area (Å²) in [4.78, 5) is 2.60. The number of ether oxygens (including phenoxy) is 1. The lowest BCUT2D eigenvalue weighted by atomic mass is 9.91. The monoisotopic (exact) mass is 242 g/mol. The third-order valence-corrected chi connectivity index (χ3v) is 4.19. The molecule has 17 heavy (non-hydrogen) atoms. The van der Waals surface area contributed by atoms with Crippen molar-refractivity contribution < 1.29 is 4.74 Å². The molecule has 1 saturated heterocycles. The van der Waals surface area contributed by atoms with Crippen LogP contribution >= 0.6 is 0 Å². The van der Waals surface area contributed by atoms with Gasteiger partial charge in [0.1, 0.15) is 0 Å². The molecule has 3 nitrogen and oxygen atoms in total. The van der Waals surface area contributed by atoms with Gasteiger partial charge in [0, 0.05) is 13.2 Å². The minimum absolute atomic E-state index is 0.00642. The van der Waals surface area contributed by atoms with E-state index in [1.54, 1.807) is 7.11 Å². The smallest absolute Gasteiger partial charge is 0.0637 e. The fourth-order valence-corrected chi connectivity index (χ4v) is 2.84.